The zero-order valence-corrected chi connectivity index (χ0v) is 7.14. The molecule has 3 heteroatoms. The van der Waals surface area contributed by atoms with Crippen LogP contribution in [-0.2, 0) is 19.3 Å². The fourth-order valence-electron chi connectivity index (χ4n) is 1.72. The number of nitrogens with one attached hydrogen (secondary N) is 1. The quantitative estimate of drug-likeness (QED) is 0.698. The van der Waals surface area contributed by atoms with E-state index in [0.29, 0.717) is 0 Å². The summed E-state index contributed by atoms with van der Waals surface area (Å²) in [5.41, 5.74) is 2.57. The van der Waals surface area contributed by atoms with Gasteiger partial charge in [0.1, 0.15) is 5.82 Å². The van der Waals surface area contributed by atoms with Crippen LogP contribution in [0.3, 0.4) is 0 Å². The van der Waals surface area contributed by atoms with Crippen molar-refractivity contribution < 1.29 is 5.11 Å². The van der Waals surface area contributed by atoms with Crippen LogP contribution >= 0.6 is 0 Å². The molecule has 0 fully saturated rings. The van der Waals surface area contributed by atoms with Crippen LogP contribution in [0.5, 0.6) is 0 Å². The molecule has 1 aliphatic carbocycles. The smallest absolute Gasteiger partial charge is 0.106 e. The van der Waals surface area contributed by atoms with Gasteiger partial charge in [-0.3, -0.25) is 0 Å². The molecule has 0 bridgehead atoms. The van der Waals surface area contributed by atoms with Gasteiger partial charge in [0.25, 0.3) is 0 Å². The fourth-order valence-corrected chi connectivity index (χ4v) is 1.72. The van der Waals surface area contributed by atoms with E-state index in [1.807, 2.05) is 0 Å². The Balaban J connectivity index is 2.05. The second-order valence-corrected chi connectivity index (χ2v) is 3.29. The van der Waals surface area contributed by atoms with Crippen LogP contribution in [0.4, 0.5) is 0 Å². The maximum absolute atomic E-state index is 8.63. The van der Waals surface area contributed by atoms with E-state index >= 15 is 0 Å². The Bertz CT molecular complexity index is 246. The van der Waals surface area contributed by atoms with Crippen LogP contribution in [0.25, 0.3) is 0 Å². The van der Waals surface area contributed by atoms with E-state index < -0.39 is 0 Å². The first-order valence-corrected chi connectivity index (χ1v) is 4.57. The number of fused-ring (bicyclic) bond motifs is 1. The van der Waals surface area contributed by atoms with E-state index in [2.05, 4.69) is 9.97 Å². The second-order valence-electron chi connectivity index (χ2n) is 3.29. The molecule has 1 aromatic rings. The molecule has 0 amide bonds. The summed E-state index contributed by atoms with van der Waals surface area (Å²) < 4.78 is 0. The summed E-state index contributed by atoms with van der Waals surface area (Å²) in [5.74, 6) is 1.05. The number of nitrogens with zero attached hydrogens (tertiary/aromatic N) is 1. The maximum atomic E-state index is 8.63. The van der Waals surface area contributed by atoms with Gasteiger partial charge in [0.15, 0.2) is 0 Å². The zero-order chi connectivity index (χ0) is 8.39. The number of hydrogen-bond donors (Lipinski definition) is 2. The Morgan fingerprint density at radius 3 is 3.08 bits per heavy atom. The molecule has 0 aromatic carbocycles. The summed E-state index contributed by atoms with van der Waals surface area (Å²) >= 11 is 0. The normalized spacial score (nSPS) is 15.1. The number of aliphatic hydroxyl groups is 1. The third-order valence-electron chi connectivity index (χ3n) is 2.33. The molecule has 0 atom stereocenters. The lowest BCUT2D eigenvalue weighted by atomic mass is 10.3. The van der Waals surface area contributed by atoms with Gasteiger partial charge >= 0.3 is 0 Å². The van der Waals surface area contributed by atoms with Crippen molar-refractivity contribution in [3.8, 4) is 0 Å². The Morgan fingerprint density at radius 1 is 1.42 bits per heavy atom. The predicted molar refractivity (Wildman–Crippen MR) is 46.0 cm³/mol. The molecule has 0 saturated heterocycles. The first-order chi connectivity index (χ1) is 5.90. The number of aliphatic hydroxyl groups excluding tert-OH is 1. The minimum absolute atomic E-state index is 0.255. The van der Waals surface area contributed by atoms with Crippen molar-refractivity contribution >= 4 is 0 Å². The number of aromatic nitrogens is 2. The van der Waals surface area contributed by atoms with Crippen LogP contribution in [0.1, 0.15) is 30.1 Å². The minimum Gasteiger partial charge on any atom is -0.396 e. The van der Waals surface area contributed by atoms with E-state index in [9.17, 15) is 0 Å². The van der Waals surface area contributed by atoms with Gasteiger partial charge in [-0.05, 0) is 25.7 Å². The highest BCUT2D eigenvalue weighted by atomic mass is 16.2. The topological polar surface area (TPSA) is 48.9 Å². The molecule has 3 nitrogen and oxygen atoms in total. The second kappa shape index (κ2) is 3.27. The number of imidazole rings is 1. The third-order valence-corrected chi connectivity index (χ3v) is 2.33. The van der Waals surface area contributed by atoms with Gasteiger partial charge in [-0.1, -0.05) is 0 Å². The highest BCUT2D eigenvalue weighted by molar-refractivity contribution is 5.19. The molecule has 12 heavy (non-hydrogen) atoms. The molecule has 1 aliphatic rings. The monoisotopic (exact) mass is 166 g/mol. The number of aromatic amines is 1. The summed E-state index contributed by atoms with van der Waals surface area (Å²) in [5, 5.41) is 8.63. The van der Waals surface area contributed by atoms with Crippen molar-refractivity contribution in [2.75, 3.05) is 6.61 Å². The lowest BCUT2D eigenvalue weighted by molar-refractivity contribution is 0.287. The molecule has 1 aromatic heterocycles. The van der Waals surface area contributed by atoms with E-state index in [-0.39, 0.29) is 6.61 Å². The van der Waals surface area contributed by atoms with Crippen LogP contribution in [0.15, 0.2) is 0 Å². The summed E-state index contributed by atoms with van der Waals surface area (Å²) in [7, 11) is 0. The van der Waals surface area contributed by atoms with Crippen molar-refractivity contribution in [1.29, 1.82) is 0 Å². The molecule has 0 saturated carbocycles. The highest BCUT2D eigenvalue weighted by Gasteiger charge is 2.14. The molecule has 0 aliphatic heterocycles. The molecule has 0 unspecified atom stereocenters. The van der Waals surface area contributed by atoms with Crippen molar-refractivity contribution in [2.24, 2.45) is 0 Å². The fraction of sp³-hybridized carbons (Fsp3) is 0.667. The number of aryl methyl sites for hydroxylation is 3. The summed E-state index contributed by atoms with van der Waals surface area (Å²) in [6.45, 7) is 0.255. The van der Waals surface area contributed by atoms with Gasteiger partial charge in [0, 0.05) is 18.7 Å². The molecule has 2 rings (SSSR count). The van der Waals surface area contributed by atoms with Gasteiger partial charge in [0.2, 0.25) is 0 Å². The molecular weight excluding hydrogens is 152 g/mol. The maximum Gasteiger partial charge on any atom is 0.106 e. The molecule has 1 heterocycles. The van der Waals surface area contributed by atoms with Gasteiger partial charge in [-0.25, -0.2) is 4.98 Å². The highest BCUT2D eigenvalue weighted by Crippen LogP contribution is 2.19. The number of H-pyrrole nitrogens is 1. The van der Waals surface area contributed by atoms with Crippen LogP contribution in [0.2, 0.25) is 0 Å². The molecular formula is C9H14N2O. The van der Waals surface area contributed by atoms with Gasteiger partial charge in [-0.15, -0.1) is 0 Å². The average Bonchev–Trinajstić information content (AvgIpc) is 2.58. The molecule has 0 radical (unpaired) electrons. The van der Waals surface area contributed by atoms with E-state index in [4.69, 9.17) is 5.11 Å². The van der Waals surface area contributed by atoms with Crippen molar-refractivity contribution in [2.45, 2.75) is 32.1 Å². The van der Waals surface area contributed by atoms with Crippen molar-refractivity contribution in [1.82, 2.24) is 9.97 Å². The predicted octanol–water partition coefficient (Wildman–Crippen LogP) is 0.823. The largest absolute Gasteiger partial charge is 0.396 e. The van der Waals surface area contributed by atoms with Gasteiger partial charge in [-0.2, -0.15) is 0 Å². The zero-order valence-electron chi connectivity index (χ0n) is 7.14. The summed E-state index contributed by atoms with van der Waals surface area (Å²) in [6, 6.07) is 0. The van der Waals surface area contributed by atoms with Gasteiger partial charge in [0.05, 0.1) is 5.69 Å². The Morgan fingerprint density at radius 2 is 2.33 bits per heavy atom. The Kier molecular flexibility index (Phi) is 2.13. The number of hydrogen-bond acceptors (Lipinski definition) is 2. The lowest BCUT2D eigenvalue weighted by Gasteiger charge is -1.93. The number of rotatable bonds is 3. The van der Waals surface area contributed by atoms with E-state index in [1.165, 1.54) is 17.8 Å². The molecule has 2 N–H and O–H groups in total. The molecule has 0 spiro atoms. The third kappa shape index (κ3) is 1.37. The standard InChI is InChI=1S/C9H14N2O/c12-6-2-5-9-10-7-3-1-4-8(7)11-9/h12H,1-6H2,(H,10,11). The van der Waals surface area contributed by atoms with Crippen LogP contribution < -0.4 is 0 Å². The van der Waals surface area contributed by atoms with E-state index in [0.717, 1.165) is 31.5 Å². The SMILES string of the molecule is OCCCc1nc2c([nH]1)CCC2. The van der Waals surface area contributed by atoms with Gasteiger partial charge < -0.3 is 10.1 Å². The lowest BCUT2D eigenvalue weighted by Crippen LogP contribution is -1.93. The molecule has 66 valence electrons. The van der Waals surface area contributed by atoms with Crippen molar-refractivity contribution in [3.63, 3.8) is 0 Å². The minimum atomic E-state index is 0.255. The Hall–Kier alpha value is -0.830. The summed E-state index contributed by atoms with van der Waals surface area (Å²) in [4.78, 5) is 7.77. The van der Waals surface area contributed by atoms with Crippen molar-refractivity contribution in [3.05, 3.63) is 17.2 Å². The first-order valence-electron chi connectivity index (χ1n) is 4.57. The summed E-state index contributed by atoms with van der Waals surface area (Å²) in [6.07, 6.45) is 5.22. The van der Waals surface area contributed by atoms with E-state index in [1.54, 1.807) is 0 Å². The van der Waals surface area contributed by atoms with Crippen LogP contribution in [-0.4, -0.2) is 21.7 Å². The first kappa shape index (κ1) is 7.80. The average molecular weight is 166 g/mol. The van der Waals surface area contributed by atoms with Crippen LogP contribution in [0, 0.1) is 0 Å². The Labute approximate surface area is 71.8 Å².